The summed E-state index contributed by atoms with van der Waals surface area (Å²) in [6.07, 6.45) is 4.03. The second-order valence-electron chi connectivity index (χ2n) is 9.24. The summed E-state index contributed by atoms with van der Waals surface area (Å²) in [4.78, 5) is 18.2. The molecule has 2 aliphatic rings. The smallest absolute Gasteiger partial charge is 0.227 e. The van der Waals surface area contributed by atoms with Gasteiger partial charge in [-0.05, 0) is 57.2 Å². The quantitative estimate of drug-likeness (QED) is 0.809. The van der Waals surface area contributed by atoms with Crippen LogP contribution < -0.4 is 5.32 Å². The molecule has 1 saturated heterocycles. The van der Waals surface area contributed by atoms with Gasteiger partial charge in [0.15, 0.2) is 0 Å². The second kappa shape index (κ2) is 9.22. The van der Waals surface area contributed by atoms with E-state index in [0.717, 1.165) is 25.1 Å². The molecule has 4 heteroatoms. The molecule has 1 fully saturated rings. The fraction of sp³-hybridized carbons (Fsp3) is 0.500. The zero-order chi connectivity index (χ0) is 21.1. The molecule has 2 aliphatic heterocycles. The molecular formula is C26H35N3O. The largest absolute Gasteiger partial charge is 0.385 e. The van der Waals surface area contributed by atoms with Gasteiger partial charge in [-0.15, -0.1) is 0 Å². The number of rotatable bonds is 3. The van der Waals surface area contributed by atoms with Crippen molar-refractivity contribution in [3.63, 3.8) is 0 Å². The van der Waals surface area contributed by atoms with Crippen molar-refractivity contribution in [3.8, 4) is 0 Å². The van der Waals surface area contributed by atoms with Crippen LogP contribution in [0.5, 0.6) is 0 Å². The van der Waals surface area contributed by atoms with Crippen LogP contribution in [0.1, 0.15) is 49.8 Å². The van der Waals surface area contributed by atoms with Crippen molar-refractivity contribution in [1.82, 2.24) is 9.80 Å². The van der Waals surface area contributed by atoms with E-state index in [0.29, 0.717) is 31.1 Å². The van der Waals surface area contributed by atoms with Gasteiger partial charge in [-0.2, -0.15) is 0 Å². The zero-order valence-electron chi connectivity index (χ0n) is 18.6. The summed E-state index contributed by atoms with van der Waals surface area (Å²) in [6.45, 7) is 9.14. The second-order valence-corrected chi connectivity index (χ2v) is 9.24. The van der Waals surface area contributed by atoms with Gasteiger partial charge in [0.05, 0.1) is 6.42 Å². The summed E-state index contributed by atoms with van der Waals surface area (Å²) in [5, 5.41) is 3.65. The molecule has 0 aromatic heterocycles. The third kappa shape index (κ3) is 4.70. The Bertz CT molecular complexity index is 861. The Hall–Kier alpha value is -2.33. The van der Waals surface area contributed by atoms with Crippen LogP contribution in [0.25, 0.3) is 0 Å². The van der Waals surface area contributed by atoms with E-state index in [2.05, 4.69) is 84.4 Å². The first-order valence-corrected chi connectivity index (χ1v) is 11.4. The maximum atomic E-state index is 13.4. The Balaban J connectivity index is 1.61. The third-order valence-electron chi connectivity index (χ3n) is 6.70. The number of carbonyl (C=O) groups excluding carboxylic acids is 1. The summed E-state index contributed by atoms with van der Waals surface area (Å²) in [5.41, 5.74) is 4.70. The molecule has 0 saturated carbocycles. The lowest BCUT2D eigenvalue weighted by Gasteiger charge is -2.36. The first-order valence-electron chi connectivity index (χ1n) is 11.4. The molecule has 1 amide bonds. The van der Waals surface area contributed by atoms with Crippen LogP contribution in [0.15, 0.2) is 48.5 Å². The Morgan fingerprint density at radius 2 is 1.77 bits per heavy atom. The number of hydrogen-bond acceptors (Lipinski definition) is 3. The number of nitrogens with one attached hydrogen (secondary N) is 1. The average molecular weight is 406 g/mol. The zero-order valence-corrected chi connectivity index (χ0v) is 18.6. The van der Waals surface area contributed by atoms with Crippen molar-refractivity contribution in [3.05, 3.63) is 65.2 Å². The van der Waals surface area contributed by atoms with E-state index in [4.69, 9.17) is 0 Å². The third-order valence-corrected chi connectivity index (χ3v) is 6.70. The number of hydrogen-bond donors (Lipinski definition) is 1. The van der Waals surface area contributed by atoms with Gasteiger partial charge >= 0.3 is 0 Å². The van der Waals surface area contributed by atoms with E-state index in [1.165, 1.54) is 29.7 Å². The highest BCUT2D eigenvalue weighted by Gasteiger charge is 2.36. The fourth-order valence-corrected chi connectivity index (χ4v) is 5.21. The molecule has 160 valence electrons. The molecule has 2 aromatic rings. The van der Waals surface area contributed by atoms with Gasteiger partial charge in [0.1, 0.15) is 0 Å². The van der Waals surface area contributed by atoms with Crippen LogP contribution in [-0.4, -0.2) is 46.9 Å². The highest BCUT2D eigenvalue weighted by molar-refractivity contribution is 5.79. The average Bonchev–Trinajstić information content (AvgIpc) is 3.11. The molecule has 0 unspecified atom stereocenters. The van der Waals surface area contributed by atoms with Crippen molar-refractivity contribution >= 4 is 11.6 Å². The predicted molar refractivity (Wildman–Crippen MR) is 124 cm³/mol. The van der Waals surface area contributed by atoms with Crippen molar-refractivity contribution < 1.29 is 4.79 Å². The van der Waals surface area contributed by atoms with Crippen molar-refractivity contribution in [2.45, 2.75) is 71.1 Å². The minimum atomic E-state index is 0.222. The maximum Gasteiger partial charge on any atom is 0.227 e. The van der Waals surface area contributed by atoms with Gasteiger partial charge in [0.25, 0.3) is 0 Å². The van der Waals surface area contributed by atoms with Gasteiger partial charge in [-0.1, -0.05) is 48.0 Å². The van der Waals surface area contributed by atoms with Crippen molar-refractivity contribution in [2.24, 2.45) is 0 Å². The highest BCUT2D eigenvalue weighted by Crippen LogP contribution is 2.31. The molecule has 0 spiro atoms. The number of aryl methyl sites for hydroxylation is 1. The van der Waals surface area contributed by atoms with Crippen LogP contribution in [0.3, 0.4) is 0 Å². The Morgan fingerprint density at radius 3 is 2.53 bits per heavy atom. The number of carbonyl (C=O) groups is 1. The molecule has 4 rings (SSSR count). The first-order chi connectivity index (χ1) is 14.5. The Morgan fingerprint density at radius 1 is 1.03 bits per heavy atom. The van der Waals surface area contributed by atoms with E-state index in [-0.39, 0.29) is 5.91 Å². The molecule has 4 nitrogen and oxygen atoms in total. The fourth-order valence-electron chi connectivity index (χ4n) is 5.21. The van der Waals surface area contributed by atoms with E-state index in [1.807, 2.05) is 0 Å². The summed E-state index contributed by atoms with van der Waals surface area (Å²) >= 11 is 0. The van der Waals surface area contributed by atoms with Gasteiger partial charge in [-0.3, -0.25) is 9.69 Å². The Kier molecular flexibility index (Phi) is 6.43. The molecular weight excluding hydrogens is 370 g/mol. The topological polar surface area (TPSA) is 35.6 Å². The lowest BCUT2D eigenvalue weighted by Crippen LogP contribution is -2.48. The lowest BCUT2D eigenvalue weighted by atomic mass is 10.1. The summed E-state index contributed by atoms with van der Waals surface area (Å²) in [6, 6.07) is 18.4. The maximum absolute atomic E-state index is 13.4. The van der Waals surface area contributed by atoms with E-state index < -0.39 is 0 Å². The molecule has 2 atom stereocenters. The number of benzene rings is 2. The molecule has 0 aliphatic carbocycles. The number of anilines is 1. The van der Waals surface area contributed by atoms with Crippen LogP contribution in [0.2, 0.25) is 0 Å². The molecule has 2 heterocycles. The van der Waals surface area contributed by atoms with Gasteiger partial charge in [0.2, 0.25) is 5.91 Å². The lowest BCUT2D eigenvalue weighted by molar-refractivity contribution is -0.132. The monoisotopic (exact) mass is 405 g/mol. The number of para-hydroxylation sites is 1. The van der Waals surface area contributed by atoms with Gasteiger partial charge in [-0.25, -0.2) is 0 Å². The minimum Gasteiger partial charge on any atom is -0.385 e. The summed E-state index contributed by atoms with van der Waals surface area (Å²) < 4.78 is 0. The molecule has 0 radical (unpaired) electrons. The summed E-state index contributed by atoms with van der Waals surface area (Å²) in [7, 11) is 0. The normalized spacial score (nSPS) is 22.3. The van der Waals surface area contributed by atoms with E-state index in [1.54, 1.807) is 0 Å². The minimum absolute atomic E-state index is 0.222. The number of fused-ring (bicyclic) bond motifs is 3. The van der Waals surface area contributed by atoms with Gasteiger partial charge in [0, 0.05) is 43.4 Å². The SMILES string of the molecule is Cc1ccc(CC(=O)N2Cc3ccccc3NCC[C@H]3CC[C@@H](C2)N3C(C)C)cc1. The molecule has 2 aromatic carbocycles. The molecule has 1 N–H and O–H groups in total. The van der Waals surface area contributed by atoms with E-state index >= 15 is 0 Å². The van der Waals surface area contributed by atoms with E-state index in [9.17, 15) is 4.79 Å². The molecule has 30 heavy (non-hydrogen) atoms. The number of nitrogens with zero attached hydrogens (tertiary/aromatic N) is 2. The number of amides is 1. The summed E-state index contributed by atoms with van der Waals surface area (Å²) in [5.74, 6) is 0.222. The van der Waals surface area contributed by atoms with Crippen LogP contribution in [0.4, 0.5) is 5.69 Å². The van der Waals surface area contributed by atoms with Crippen LogP contribution in [-0.2, 0) is 17.8 Å². The van der Waals surface area contributed by atoms with Crippen LogP contribution >= 0.6 is 0 Å². The van der Waals surface area contributed by atoms with Gasteiger partial charge < -0.3 is 10.2 Å². The Labute approximate surface area is 181 Å². The first kappa shape index (κ1) is 20.9. The van der Waals surface area contributed by atoms with Crippen molar-refractivity contribution in [1.29, 1.82) is 0 Å². The standard InChI is InChI=1S/C26H35N3O/c1-19(2)29-23-12-13-24(29)18-28(26(30)16-21-10-8-20(3)9-11-21)17-22-6-4-5-7-25(22)27-15-14-23/h4-11,19,23-24,27H,12-18H2,1-3H3/t23-,24+/m1/s1. The van der Waals surface area contributed by atoms with Crippen molar-refractivity contribution in [2.75, 3.05) is 18.4 Å². The van der Waals surface area contributed by atoms with Crippen LogP contribution in [0, 0.1) is 6.92 Å². The molecule has 2 bridgehead atoms. The predicted octanol–water partition coefficient (Wildman–Crippen LogP) is 4.62. The highest BCUT2D eigenvalue weighted by atomic mass is 16.2.